The van der Waals surface area contributed by atoms with Gasteiger partial charge in [0.05, 0.1) is 0 Å². The highest BCUT2D eigenvalue weighted by Gasteiger charge is 2.22. The minimum Gasteiger partial charge on any atom is -0.317 e. The Morgan fingerprint density at radius 2 is 1.88 bits per heavy atom. The predicted molar refractivity (Wildman–Crippen MR) is 78.6 cm³/mol. The normalized spacial score (nSPS) is 27.0. The molecule has 2 aliphatic heterocycles. The Bertz CT molecular complexity index is 187. The molecule has 2 fully saturated rings. The molecule has 1 atom stereocenters. The second kappa shape index (κ2) is 9.40. The lowest BCUT2D eigenvalue weighted by atomic mass is 9.96. The summed E-state index contributed by atoms with van der Waals surface area (Å²) in [6, 6.07) is 0.737. The van der Waals surface area contributed by atoms with Crippen LogP contribution in [-0.4, -0.2) is 50.7 Å². The highest BCUT2D eigenvalue weighted by atomic mass is 35.5. The number of nitrogens with zero attached hydrogens (tertiary/aromatic N) is 1. The minimum absolute atomic E-state index is 0. The molecule has 0 aliphatic carbocycles. The van der Waals surface area contributed by atoms with Crippen LogP contribution >= 0.6 is 24.8 Å². The summed E-state index contributed by atoms with van der Waals surface area (Å²) < 4.78 is 0. The number of nitrogens with one attached hydrogen (secondary N) is 2. The maximum absolute atomic E-state index is 3.44. The zero-order valence-corrected chi connectivity index (χ0v) is 12.4. The van der Waals surface area contributed by atoms with Crippen molar-refractivity contribution in [2.75, 3.05) is 39.8 Å². The summed E-state index contributed by atoms with van der Waals surface area (Å²) in [7, 11) is 2.10. The van der Waals surface area contributed by atoms with Gasteiger partial charge in [0.1, 0.15) is 0 Å². The molecule has 0 radical (unpaired) electrons. The van der Waals surface area contributed by atoms with Crippen molar-refractivity contribution < 1.29 is 0 Å². The molecule has 2 N–H and O–H groups in total. The van der Waals surface area contributed by atoms with Crippen molar-refractivity contribution in [3.63, 3.8) is 0 Å². The number of hydrogen-bond donors (Lipinski definition) is 2. The Morgan fingerprint density at radius 1 is 1.18 bits per heavy atom. The quantitative estimate of drug-likeness (QED) is 0.823. The van der Waals surface area contributed by atoms with Gasteiger partial charge in [-0.2, -0.15) is 0 Å². The standard InChI is InChI=1S/C12H25N3.2ClH/c1-13-12-3-2-8-15(10-12)9-11-4-6-14-7-5-11;;/h11-14H,2-10H2,1H3;2*1H. The van der Waals surface area contributed by atoms with E-state index in [4.69, 9.17) is 0 Å². The summed E-state index contributed by atoms with van der Waals surface area (Å²) in [6.07, 6.45) is 5.48. The molecule has 0 aromatic heterocycles. The van der Waals surface area contributed by atoms with E-state index in [0.29, 0.717) is 0 Å². The summed E-state index contributed by atoms with van der Waals surface area (Å²) in [6.45, 7) is 6.38. The molecule has 17 heavy (non-hydrogen) atoms. The van der Waals surface area contributed by atoms with Gasteiger partial charge in [-0.1, -0.05) is 0 Å². The number of likely N-dealkylation sites (tertiary alicyclic amines) is 1. The van der Waals surface area contributed by atoms with E-state index in [2.05, 4.69) is 22.6 Å². The van der Waals surface area contributed by atoms with Crippen molar-refractivity contribution in [1.82, 2.24) is 15.5 Å². The minimum atomic E-state index is 0. The first-order valence-electron chi connectivity index (χ1n) is 6.49. The monoisotopic (exact) mass is 283 g/mol. The number of hydrogen-bond acceptors (Lipinski definition) is 3. The van der Waals surface area contributed by atoms with Gasteiger partial charge in [0.2, 0.25) is 0 Å². The van der Waals surface area contributed by atoms with Gasteiger partial charge in [-0.25, -0.2) is 0 Å². The number of likely N-dealkylation sites (N-methyl/N-ethyl adjacent to an activating group) is 1. The van der Waals surface area contributed by atoms with Gasteiger partial charge in [0.25, 0.3) is 0 Å². The predicted octanol–water partition coefficient (Wildman–Crippen LogP) is 1.51. The third kappa shape index (κ3) is 5.75. The SMILES string of the molecule is CNC1CCCN(CC2CCNCC2)C1.Cl.Cl. The molecule has 0 aromatic carbocycles. The Balaban J connectivity index is 0.00000128. The third-order valence-electron chi connectivity index (χ3n) is 3.89. The number of halogens is 2. The van der Waals surface area contributed by atoms with Crippen molar-refractivity contribution in [3.05, 3.63) is 0 Å². The van der Waals surface area contributed by atoms with E-state index in [9.17, 15) is 0 Å². The number of rotatable bonds is 3. The summed E-state index contributed by atoms with van der Waals surface area (Å²) in [5, 5.41) is 6.86. The molecule has 5 heteroatoms. The summed E-state index contributed by atoms with van der Waals surface area (Å²) in [4.78, 5) is 2.67. The molecule has 0 aromatic rings. The molecule has 3 nitrogen and oxygen atoms in total. The second-order valence-corrected chi connectivity index (χ2v) is 5.08. The fraction of sp³-hybridized carbons (Fsp3) is 1.00. The van der Waals surface area contributed by atoms with Crippen LogP contribution in [0.2, 0.25) is 0 Å². The first kappa shape index (κ1) is 17.5. The lowest BCUT2D eigenvalue weighted by Crippen LogP contribution is -2.46. The van der Waals surface area contributed by atoms with Crippen molar-refractivity contribution in [2.45, 2.75) is 31.7 Å². The van der Waals surface area contributed by atoms with E-state index < -0.39 is 0 Å². The Labute approximate surface area is 118 Å². The molecule has 104 valence electrons. The Kier molecular flexibility index (Phi) is 9.65. The van der Waals surface area contributed by atoms with Crippen LogP contribution in [-0.2, 0) is 0 Å². The molecule has 0 amide bonds. The van der Waals surface area contributed by atoms with E-state index in [1.165, 1.54) is 58.4 Å². The summed E-state index contributed by atoms with van der Waals surface area (Å²) >= 11 is 0. The summed E-state index contributed by atoms with van der Waals surface area (Å²) in [5.41, 5.74) is 0. The van der Waals surface area contributed by atoms with Gasteiger partial charge in [0.15, 0.2) is 0 Å². The van der Waals surface area contributed by atoms with Crippen LogP contribution in [0.25, 0.3) is 0 Å². The summed E-state index contributed by atoms with van der Waals surface area (Å²) in [5.74, 6) is 0.946. The van der Waals surface area contributed by atoms with Crippen molar-refractivity contribution >= 4 is 24.8 Å². The highest BCUT2D eigenvalue weighted by Crippen LogP contribution is 2.17. The van der Waals surface area contributed by atoms with Gasteiger partial charge in [-0.05, 0) is 58.3 Å². The van der Waals surface area contributed by atoms with Crippen LogP contribution in [0.3, 0.4) is 0 Å². The Hall–Kier alpha value is 0.460. The van der Waals surface area contributed by atoms with Gasteiger partial charge >= 0.3 is 0 Å². The average molecular weight is 284 g/mol. The topological polar surface area (TPSA) is 27.3 Å². The molecule has 2 heterocycles. The molecule has 0 saturated carbocycles. The molecule has 2 saturated heterocycles. The number of piperidine rings is 2. The van der Waals surface area contributed by atoms with Gasteiger partial charge in [0, 0.05) is 19.1 Å². The van der Waals surface area contributed by atoms with Crippen LogP contribution in [0.4, 0.5) is 0 Å². The van der Waals surface area contributed by atoms with E-state index in [1.54, 1.807) is 0 Å². The maximum Gasteiger partial charge on any atom is 0.0192 e. The van der Waals surface area contributed by atoms with Crippen molar-refractivity contribution in [1.29, 1.82) is 0 Å². The fourth-order valence-electron chi connectivity index (χ4n) is 2.89. The zero-order valence-electron chi connectivity index (χ0n) is 10.8. The van der Waals surface area contributed by atoms with Crippen LogP contribution in [0.15, 0.2) is 0 Å². The molecule has 2 rings (SSSR count). The maximum atomic E-state index is 3.44. The van der Waals surface area contributed by atoms with Gasteiger partial charge in [-0.3, -0.25) is 0 Å². The average Bonchev–Trinajstić information content (AvgIpc) is 2.31. The molecular formula is C12H27Cl2N3. The molecule has 1 unspecified atom stereocenters. The first-order chi connectivity index (χ1) is 7.38. The first-order valence-corrected chi connectivity index (χ1v) is 6.49. The van der Waals surface area contributed by atoms with E-state index >= 15 is 0 Å². The van der Waals surface area contributed by atoms with Crippen LogP contribution in [0.5, 0.6) is 0 Å². The van der Waals surface area contributed by atoms with Gasteiger partial charge < -0.3 is 15.5 Å². The van der Waals surface area contributed by atoms with Crippen LogP contribution in [0.1, 0.15) is 25.7 Å². The molecular weight excluding hydrogens is 257 g/mol. The molecule has 2 aliphatic rings. The van der Waals surface area contributed by atoms with Crippen molar-refractivity contribution in [3.8, 4) is 0 Å². The molecule has 0 spiro atoms. The lowest BCUT2D eigenvalue weighted by Gasteiger charge is -2.36. The largest absolute Gasteiger partial charge is 0.317 e. The zero-order chi connectivity index (χ0) is 10.5. The van der Waals surface area contributed by atoms with Crippen LogP contribution in [0, 0.1) is 5.92 Å². The third-order valence-corrected chi connectivity index (χ3v) is 3.89. The van der Waals surface area contributed by atoms with E-state index in [-0.39, 0.29) is 24.8 Å². The van der Waals surface area contributed by atoms with Crippen molar-refractivity contribution in [2.24, 2.45) is 5.92 Å². The van der Waals surface area contributed by atoms with E-state index in [1.807, 2.05) is 0 Å². The Morgan fingerprint density at radius 3 is 2.53 bits per heavy atom. The second-order valence-electron chi connectivity index (χ2n) is 5.08. The highest BCUT2D eigenvalue weighted by molar-refractivity contribution is 5.85. The fourth-order valence-corrected chi connectivity index (χ4v) is 2.89. The smallest absolute Gasteiger partial charge is 0.0192 e. The lowest BCUT2D eigenvalue weighted by molar-refractivity contribution is 0.155. The van der Waals surface area contributed by atoms with E-state index in [0.717, 1.165) is 12.0 Å². The van der Waals surface area contributed by atoms with Crippen LogP contribution < -0.4 is 10.6 Å². The molecule has 0 bridgehead atoms. The van der Waals surface area contributed by atoms with Gasteiger partial charge in [-0.15, -0.1) is 24.8 Å².